The summed E-state index contributed by atoms with van der Waals surface area (Å²) in [6.45, 7) is 3.85. The molecule has 0 heterocycles. The number of carbonyl (C=O) groups excluding carboxylic acids is 1. The lowest BCUT2D eigenvalue weighted by atomic mass is 10.1. The summed E-state index contributed by atoms with van der Waals surface area (Å²) >= 11 is 0. The first-order valence-corrected chi connectivity index (χ1v) is 7.20. The molecular weight excluding hydrogens is 252 g/mol. The van der Waals surface area contributed by atoms with E-state index in [1.54, 1.807) is 6.21 Å². The molecule has 0 radical (unpaired) electrons. The fraction of sp³-hybridized carbons (Fsp3) is 0.500. The van der Waals surface area contributed by atoms with E-state index in [4.69, 9.17) is 0 Å². The first-order valence-electron chi connectivity index (χ1n) is 7.20. The predicted octanol–water partition coefficient (Wildman–Crippen LogP) is 2.93. The first kappa shape index (κ1) is 14.6. The summed E-state index contributed by atoms with van der Waals surface area (Å²) in [5.74, 6) is 0.854. The molecule has 20 heavy (non-hydrogen) atoms. The zero-order chi connectivity index (χ0) is 14.4. The van der Waals surface area contributed by atoms with E-state index in [0.717, 1.165) is 36.6 Å². The fourth-order valence-corrected chi connectivity index (χ4v) is 2.17. The van der Waals surface area contributed by atoms with Crippen LogP contribution in [-0.4, -0.2) is 37.2 Å². The van der Waals surface area contributed by atoms with Crippen LogP contribution in [0.1, 0.15) is 42.1 Å². The van der Waals surface area contributed by atoms with Crippen molar-refractivity contribution in [2.24, 2.45) is 11.1 Å². The van der Waals surface area contributed by atoms with Gasteiger partial charge < -0.3 is 9.74 Å². The first-order chi connectivity index (χ1) is 9.74. The summed E-state index contributed by atoms with van der Waals surface area (Å²) < 4.78 is 0. The predicted molar refractivity (Wildman–Crippen MR) is 80.0 cm³/mol. The van der Waals surface area contributed by atoms with Crippen molar-refractivity contribution in [2.45, 2.75) is 26.2 Å². The van der Waals surface area contributed by atoms with E-state index in [9.17, 15) is 4.79 Å². The molecule has 0 unspecified atom stereocenters. The Hall–Kier alpha value is -1.84. The molecule has 4 heteroatoms. The van der Waals surface area contributed by atoms with Crippen molar-refractivity contribution >= 4 is 12.1 Å². The van der Waals surface area contributed by atoms with Gasteiger partial charge in [0.1, 0.15) is 7.11 Å². The summed E-state index contributed by atoms with van der Waals surface area (Å²) in [4.78, 5) is 19.1. The van der Waals surface area contributed by atoms with Gasteiger partial charge in [0.25, 0.3) is 5.91 Å². The van der Waals surface area contributed by atoms with Crippen LogP contribution < -0.4 is 0 Å². The Morgan fingerprint density at radius 1 is 1.40 bits per heavy atom. The van der Waals surface area contributed by atoms with Crippen LogP contribution in [0.2, 0.25) is 0 Å². The number of benzene rings is 1. The number of hydrogen-bond donors (Lipinski definition) is 0. The molecule has 108 valence electrons. The Kier molecular flexibility index (Phi) is 5.16. The van der Waals surface area contributed by atoms with Gasteiger partial charge in [0.15, 0.2) is 0 Å². The van der Waals surface area contributed by atoms with Crippen LogP contribution in [0.3, 0.4) is 0 Å². The maximum atomic E-state index is 12.5. The van der Waals surface area contributed by atoms with Crippen LogP contribution in [0.15, 0.2) is 29.4 Å². The highest BCUT2D eigenvalue weighted by Gasteiger charge is 2.26. The zero-order valence-corrected chi connectivity index (χ0v) is 12.2. The quantitative estimate of drug-likeness (QED) is 0.566. The molecule has 4 nitrogen and oxygen atoms in total. The highest BCUT2D eigenvalue weighted by atomic mass is 16.6. The summed E-state index contributed by atoms with van der Waals surface area (Å²) in [6.07, 6.45) is 5.15. The molecule has 0 N–H and O–H groups in total. The molecule has 0 aliphatic heterocycles. The second-order valence-electron chi connectivity index (χ2n) is 5.23. The standard InChI is InChI=1S/C16H22N2O2/c1-3-10-18(12-14-4-5-14)16(19)15-8-6-13(7-9-15)11-17-20-2/h6-9,11,14H,3-5,10,12H2,1-2H3. The largest absolute Gasteiger partial charge is 0.399 e. The number of hydrogen-bond acceptors (Lipinski definition) is 3. The van der Waals surface area contributed by atoms with Gasteiger partial charge in [-0.15, -0.1) is 0 Å². The SMILES string of the molecule is CCCN(CC1CC1)C(=O)c1ccc(C=NOC)cc1. The summed E-state index contributed by atoms with van der Waals surface area (Å²) in [7, 11) is 1.51. The van der Waals surface area contributed by atoms with Gasteiger partial charge in [-0.1, -0.05) is 24.2 Å². The van der Waals surface area contributed by atoms with Gasteiger partial charge in [0, 0.05) is 18.7 Å². The van der Waals surface area contributed by atoms with Crippen molar-refractivity contribution in [3.05, 3.63) is 35.4 Å². The second kappa shape index (κ2) is 7.08. The van der Waals surface area contributed by atoms with Crippen molar-refractivity contribution in [3.63, 3.8) is 0 Å². The van der Waals surface area contributed by atoms with Gasteiger partial charge in [-0.25, -0.2) is 0 Å². The van der Waals surface area contributed by atoms with Gasteiger partial charge in [-0.05, 0) is 42.9 Å². The Morgan fingerprint density at radius 3 is 2.65 bits per heavy atom. The summed E-state index contributed by atoms with van der Waals surface area (Å²) in [5, 5.41) is 3.71. The Labute approximate surface area is 120 Å². The third kappa shape index (κ3) is 4.08. The molecule has 0 spiro atoms. The third-order valence-corrected chi connectivity index (χ3v) is 3.42. The number of amides is 1. The van der Waals surface area contributed by atoms with Crippen molar-refractivity contribution in [2.75, 3.05) is 20.2 Å². The van der Waals surface area contributed by atoms with Gasteiger partial charge in [-0.3, -0.25) is 4.79 Å². The second-order valence-corrected chi connectivity index (χ2v) is 5.23. The number of carbonyl (C=O) groups is 1. The molecule has 0 atom stereocenters. The molecular formula is C16H22N2O2. The molecule has 1 amide bonds. The lowest BCUT2D eigenvalue weighted by Crippen LogP contribution is -2.33. The van der Waals surface area contributed by atoms with E-state index in [1.165, 1.54) is 20.0 Å². The zero-order valence-electron chi connectivity index (χ0n) is 12.2. The Balaban J connectivity index is 2.03. The maximum absolute atomic E-state index is 12.5. The molecule has 1 aromatic rings. The third-order valence-electron chi connectivity index (χ3n) is 3.42. The topological polar surface area (TPSA) is 41.9 Å². The van der Waals surface area contributed by atoms with E-state index in [0.29, 0.717) is 0 Å². The van der Waals surface area contributed by atoms with E-state index in [-0.39, 0.29) is 5.91 Å². The minimum atomic E-state index is 0.133. The normalized spacial score (nSPS) is 14.5. The Morgan fingerprint density at radius 2 is 2.10 bits per heavy atom. The molecule has 1 fully saturated rings. The van der Waals surface area contributed by atoms with E-state index in [1.807, 2.05) is 29.2 Å². The van der Waals surface area contributed by atoms with Crippen LogP contribution in [0, 0.1) is 5.92 Å². The fourth-order valence-electron chi connectivity index (χ4n) is 2.17. The monoisotopic (exact) mass is 274 g/mol. The van der Waals surface area contributed by atoms with Gasteiger partial charge in [-0.2, -0.15) is 0 Å². The number of oxime groups is 1. The van der Waals surface area contributed by atoms with Gasteiger partial charge >= 0.3 is 0 Å². The molecule has 1 saturated carbocycles. The van der Waals surface area contributed by atoms with Gasteiger partial charge in [0.05, 0.1) is 6.21 Å². The summed E-state index contributed by atoms with van der Waals surface area (Å²) in [5.41, 5.74) is 1.67. The summed E-state index contributed by atoms with van der Waals surface area (Å²) in [6, 6.07) is 7.48. The van der Waals surface area contributed by atoms with Crippen LogP contribution >= 0.6 is 0 Å². The minimum Gasteiger partial charge on any atom is -0.399 e. The van der Waals surface area contributed by atoms with Crippen LogP contribution in [0.25, 0.3) is 0 Å². The lowest BCUT2D eigenvalue weighted by Gasteiger charge is -2.22. The smallest absolute Gasteiger partial charge is 0.253 e. The number of rotatable bonds is 7. The molecule has 0 saturated heterocycles. The molecule has 1 aromatic carbocycles. The van der Waals surface area contributed by atoms with E-state index >= 15 is 0 Å². The molecule has 0 aromatic heterocycles. The van der Waals surface area contributed by atoms with Crippen LogP contribution in [-0.2, 0) is 4.84 Å². The van der Waals surface area contributed by atoms with Crippen molar-refractivity contribution in [1.82, 2.24) is 4.90 Å². The minimum absolute atomic E-state index is 0.133. The van der Waals surface area contributed by atoms with Crippen molar-refractivity contribution < 1.29 is 9.63 Å². The van der Waals surface area contributed by atoms with Gasteiger partial charge in [0.2, 0.25) is 0 Å². The lowest BCUT2D eigenvalue weighted by molar-refractivity contribution is 0.0747. The van der Waals surface area contributed by atoms with E-state index in [2.05, 4.69) is 16.9 Å². The van der Waals surface area contributed by atoms with E-state index < -0.39 is 0 Å². The Bertz CT molecular complexity index is 464. The van der Waals surface area contributed by atoms with Crippen LogP contribution in [0.5, 0.6) is 0 Å². The molecule has 0 bridgehead atoms. The highest BCUT2D eigenvalue weighted by Crippen LogP contribution is 2.30. The van der Waals surface area contributed by atoms with Crippen molar-refractivity contribution in [1.29, 1.82) is 0 Å². The number of nitrogens with zero attached hydrogens (tertiary/aromatic N) is 2. The van der Waals surface area contributed by atoms with Crippen molar-refractivity contribution in [3.8, 4) is 0 Å². The molecule has 1 aliphatic carbocycles. The molecule has 2 rings (SSSR count). The maximum Gasteiger partial charge on any atom is 0.253 e. The molecule has 1 aliphatic rings. The average Bonchev–Trinajstić information content (AvgIpc) is 3.28. The highest BCUT2D eigenvalue weighted by molar-refractivity contribution is 5.95. The van der Waals surface area contributed by atoms with Crippen LogP contribution in [0.4, 0.5) is 0 Å². The average molecular weight is 274 g/mol.